The third-order valence-electron chi connectivity index (χ3n) is 7.47. The Morgan fingerprint density at radius 2 is 1.32 bits per heavy atom. The van der Waals surface area contributed by atoms with Crippen molar-refractivity contribution in [1.82, 2.24) is 0 Å². The summed E-state index contributed by atoms with van der Waals surface area (Å²) in [6.07, 6.45) is -0.819. The first-order valence-corrected chi connectivity index (χ1v) is 11.8. The molecule has 7 heteroatoms. The number of para-hydroxylation sites is 1. The molecule has 3 saturated heterocycles. The number of rotatable bonds is 3. The van der Waals surface area contributed by atoms with Gasteiger partial charge in [0.05, 0.1) is 53.1 Å². The standard InChI is InChI=1S/C27H20ClN3O3/c28-16-11-13-17(14-12-16)30-26(32)19-20(27(30)33)25-23-21(24(19)34-25)22(15-7-3-1-4-8-15)29-31(23)18-9-5-2-6-10-18/h1-14,19-21,23-25H. The molecular weight excluding hydrogens is 450 g/mol. The van der Waals surface area contributed by atoms with E-state index in [2.05, 4.69) is 0 Å². The van der Waals surface area contributed by atoms with Gasteiger partial charge >= 0.3 is 0 Å². The number of anilines is 2. The van der Waals surface area contributed by atoms with Gasteiger partial charge in [-0.3, -0.25) is 14.6 Å². The minimum absolute atomic E-state index is 0.101. The summed E-state index contributed by atoms with van der Waals surface area (Å²) in [7, 11) is 0. The Morgan fingerprint density at radius 3 is 2.00 bits per heavy atom. The van der Waals surface area contributed by atoms with Gasteiger partial charge < -0.3 is 4.74 Å². The molecule has 2 bridgehead atoms. The number of hydrogen-bond acceptors (Lipinski definition) is 5. The predicted octanol–water partition coefficient (Wildman–Crippen LogP) is 4.14. The Hall–Kier alpha value is -3.48. The molecule has 3 aromatic carbocycles. The highest BCUT2D eigenvalue weighted by atomic mass is 35.5. The van der Waals surface area contributed by atoms with Crippen LogP contribution in [0, 0.1) is 17.8 Å². The number of amides is 2. The molecule has 34 heavy (non-hydrogen) atoms. The molecule has 6 nitrogen and oxygen atoms in total. The van der Waals surface area contributed by atoms with Crippen LogP contribution in [0.5, 0.6) is 0 Å². The van der Waals surface area contributed by atoms with E-state index in [0.29, 0.717) is 10.7 Å². The second-order valence-corrected chi connectivity index (χ2v) is 9.59. The average molecular weight is 470 g/mol. The zero-order chi connectivity index (χ0) is 23.0. The zero-order valence-corrected chi connectivity index (χ0v) is 18.7. The van der Waals surface area contributed by atoms with Gasteiger partial charge in [0.15, 0.2) is 0 Å². The van der Waals surface area contributed by atoms with Crippen molar-refractivity contribution in [1.29, 1.82) is 0 Å². The van der Waals surface area contributed by atoms with Gasteiger partial charge in [-0.25, -0.2) is 4.90 Å². The van der Waals surface area contributed by atoms with Crippen molar-refractivity contribution >= 4 is 40.5 Å². The van der Waals surface area contributed by atoms with Gasteiger partial charge in [0.1, 0.15) is 0 Å². The molecule has 4 heterocycles. The van der Waals surface area contributed by atoms with Crippen LogP contribution in [0.2, 0.25) is 5.02 Å². The fraction of sp³-hybridized carbons (Fsp3) is 0.222. The summed E-state index contributed by atoms with van der Waals surface area (Å²) in [5.74, 6) is -1.54. The fourth-order valence-electron chi connectivity index (χ4n) is 6.13. The van der Waals surface area contributed by atoms with E-state index in [1.54, 1.807) is 24.3 Å². The molecule has 3 aromatic rings. The Bertz CT molecular complexity index is 1330. The monoisotopic (exact) mass is 469 g/mol. The lowest BCUT2D eigenvalue weighted by molar-refractivity contribution is -0.125. The number of halogens is 1. The summed E-state index contributed by atoms with van der Waals surface area (Å²) < 4.78 is 6.44. The van der Waals surface area contributed by atoms with Crippen LogP contribution >= 0.6 is 11.6 Å². The molecule has 0 N–H and O–H groups in total. The van der Waals surface area contributed by atoms with Crippen molar-refractivity contribution in [2.75, 3.05) is 9.91 Å². The molecule has 7 rings (SSSR count). The second kappa shape index (κ2) is 7.26. The molecule has 3 fully saturated rings. The summed E-state index contributed by atoms with van der Waals surface area (Å²) in [5, 5.41) is 7.59. The highest BCUT2D eigenvalue weighted by Crippen LogP contribution is 2.56. The van der Waals surface area contributed by atoms with Crippen molar-refractivity contribution < 1.29 is 14.3 Å². The molecule has 2 amide bonds. The number of fused-ring (bicyclic) bond motifs is 8. The van der Waals surface area contributed by atoms with E-state index in [9.17, 15) is 9.59 Å². The maximum Gasteiger partial charge on any atom is 0.240 e. The summed E-state index contributed by atoms with van der Waals surface area (Å²) in [6.45, 7) is 0. The van der Waals surface area contributed by atoms with Crippen LogP contribution in [-0.2, 0) is 14.3 Å². The molecule has 6 unspecified atom stereocenters. The van der Waals surface area contributed by atoms with Crippen LogP contribution in [0.15, 0.2) is 90.0 Å². The number of benzene rings is 3. The van der Waals surface area contributed by atoms with E-state index in [0.717, 1.165) is 17.0 Å². The molecule has 4 aliphatic heterocycles. The van der Waals surface area contributed by atoms with E-state index >= 15 is 0 Å². The Labute approximate surface area is 201 Å². The van der Waals surface area contributed by atoms with Gasteiger partial charge in [0.2, 0.25) is 11.8 Å². The lowest BCUT2D eigenvalue weighted by Crippen LogP contribution is -2.50. The van der Waals surface area contributed by atoms with Crippen molar-refractivity contribution in [3.05, 3.63) is 95.5 Å². The Kier molecular flexibility index (Phi) is 4.26. The van der Waals surface area contributed by atoms with Gasteiger partial charge in [0.25, 0.3) is 0 Å². The summed E-state index contributed by atoms with van der Waals surface area (Å²) >= 11 is 6.03. The normalized spacial score (nSPS) is 31.1. The quantitative estimate of drug-likeness (QED) is 0.541. The van der Waals surface area contributed by atoms with E-state index < -0.39 is 24.0 Å². The third kappa shape index (κ3) is 2.64. The topological polar surface area (TPSA) is 62.2 Å². The summed E-state index contributed by atoms with van der Waals surface area (Å²) in [4.78, 5) is 28.5. The van der Waals surface area contributed by atoms with Crippen LogP contribution in [0.4, 0.5) is 11.4 Å². The number of hydrazone groups is 1. The smallest absolute Gasteiger partial charge is 0.240 e. The average Bonchev–Trinajstić information content (AvgIpc) is 3.60. The third-order valence-corrected chi connectivity index (χ3v) is 7.72. The number of nitrogens with zero attached hydrogens (tertiary/aromatic N) is 3. The lowest BCUT2D eigenvalue weighted by Gasteiger charge is -2.32. The zero-order valence-electron chi connectivity index (χ0n) is 18.0. The van der Waals surface area contributed by atoms with E-state index in [1.165, 1.54) is 4.90 Å². The van der Waals surface area contributed by atoms with Crippen molar-refractivity contribution in [2.24, 2.45) is 22.9 Å². The fourth-order valence-corrected chi connectivity index (χ4v) is 6.25. The maximum absolute atomic E-state index is 13.6. The Morgan fingerprint density at radius 1 is 0.706 bits per heavy atom. The first kappa shape index (κ1) is 19.9. The van der Waals surface area contributed by atoms with Gasteiger partial charge in [-0.1, -0.05) is 60.1 Å². The SMILES string of the molecule is O=C1C2C3OC(C2C(=O)N1c1ccc(Cl)cc1)C1C3C(c2ccccc2)=NN1c1ccccc1. The molecule has 168 valence electrons. The Balaban J connectivity index is 1.32. The maximum atomic E-state index is 13.6. The van der Waals surface area contributed by atoms with Crippen LogP contribution in [0.25, 0.3) is 0 Å². The second-order valence-electron chi connectivity index (χ2n) is 9.15. The van der Waals surface area contributed by atoms with Gasteiger partial charge in [-0.2, -0.15) is 5.10 Å². The van der Waals surface area contributed by atoms with Gasteiger partial charge in [0, 0.05) is 5.02 Å². The van der Waals surface area contributed by atoms with Crippen LogP contribution in [0.3, 0.4) is 0 Å². The van der Waals surface area contributed by atoms with E-state index in [1.807, 2.05) is 65.7 Å². The molecule has 0 spiro atoms. The van der Waals surface area contributed by atoms with Crippen molar-refractivity contribution in [3.63, 3.8) is 0 Å². The summed E-state index contributed by atoms with van der Waals surface area (Å²) in [5.41, 5.74) is 3.42. The molecule has 0 aliphatic carbocycles. The van der Waals surface area contributed by atoms with Crippen LogP contribution in [0.1, 0.15) is 5.56 Å². The van der Waals surface area contributed by atoms with E-state index in [-0.39, 0.29) is 23.8 Å². The molecule has 0 aromatic heterocycles. The predicted molar refractivity (Wildman–Crippen MR) is 129 cm³/mol. The first-order valence-electron chi connectivity index (χ1n) is 11.4. The lowest BCUT2D eigenvalue weighted by atomic mass is 9.70. The number of ether oxygens (including phenoxy) is 1. The largest absolute Gasteiger partial charge is 0.370 e. The number of carbonyl (C=O) groups is 2. The van der Waals surface area contributed by atoms with Crippen LogP contribution in [-0.4, -0.2) is 35.8 Å². The number of carbonyl (C=O) groups excluding carboxylic acids is 2. The minimum Gasteiger partial charge on any atom is -0.370 e. The molecule has 6 atom stereocenters. The molecule has 0 saturated carbocycles. The molecule has 0 radical (unpaired) electrons. The summed E-state index contributed by atoms with van der Waals surface area (Å²) in [6, 6.07) is 26.7. The van der Waals surface area contributed by atoms with Crippen molar-refractivity contribution in [2.45, 2.75) is 18.2 Å². The molecular formula is C27H20ClN3O3. The number of imide groups is 1. The van der Waals surface area contributed by atoms with E-state index in [4.69, 9.17) is 21.4 Å². The minimum atomic E-state index is -0.522. The highest BCUT2D eigenvalue weighted by molar-refractivity contribution is 6.31. The van der Waals surface area contributed by atoms with Crippen molar-refractivity contribution in [3.8, 4) is 0 Å². The number of hydrogen-bond donors (Lipinski definition) is 0. The van der Waals surface area contributed by atoms with Gasteiger partial charge in [-0.15, -0.1) is 0 Å². The first-order chi connectivity index (χ1) is 16.6. The molecule has 4 aliphatic rings. The highest BCUT2D eigenvalue weighted by Gasteiger charge is 2.72. The van der Waals surface area contributed by atoms with Crippen LogP contribution < -0.4 is 9.91 Å². The van der Waals surface area contributed by atoms with Gasteiger partial charge in [-0.05, 0) is 42.0 Å².